The lowest BCUT2D eigenvalue weighted by molar-refractivity contribution is -0.452. The fourth-order valence-corrected chi connectivity index (χ4v) is 12.0. The van der Waals surface area contributed by atoms with Crippen molar-refractivity contribution in [2.45, 2.75) is 243 Å². The lowest BCUT2D eigenvalue weighted by atomic mass is 9.75. The fourth-order valence-electron chi connectivity index (χ4n) is 12.0. The Morgan fingerprint density at radius 1 is 0.500 bits per heavy atom. The second-order valence-electron chi connectivity index (χ2n) is 22.7. The molecule has 300 valence electrons. The van der Waals surface area contributed by atoms with Crippen molar-refractivity contribution in [2.24, 2.45) is 0 Å². The molecule has 0 bridgehead atoms. The Kier molecular flexibility index (Phi) is 11.9. The van der Waals surface area contributed by atoms with Gasteiger partial charge in [0.15, 0.2) is 12.8 Å². The highest BCUT2D eigenvalue weighted by molar-refractivity contribution is 5.89. The normalized spacial score (nSPS) is 28.6. The van der Waals surface area contributed by atoms with Gasteiger partial charge in [-0.1, -0.05) is 0 Å². The van der Waals surface area contributed by atoms with E-state index in [1.165, 1.54) is 6.21 Å². The van der Waals surface area contributed by atoms with E-state index in [1.807, 2.05) is 0 Å². The van der Waals surface area contributed by atoms with E-state index in [0.717, 1.165) is 56.1 Å². The summed E-state index contributed by atoms with van der Waals surface area (Å²) in [5.41, 5.74) is -0.975. The topological polar surface area (TPSA) is 115 Å². The van der Waals surface area contributed by atoms with E-state index in [-0.39, 0.29) is 99.7 Å². The molecule has 0 aromatic rings. The molecule has 0 spiro atoms. The third-order valence-corrected chi connectivity index (χ3v) is 11.8. The van der Waals surface area contributed by atoms with Crippen LogP contribution in [0.2, 0.25) is 0 Å². The smallest absolute Gasteiger partial charge is 0.233 e. The van der Waals surface area contributed by atoms with Crippen LogP contribution in [0, 0.1) is 5.21 Å². The molecule has 10 heteroatoms. The molecule has 0 saturated carbocycles. The first-order valence-electron chi connectivity index (χ1n) is 20.4. The Morgan fingerprint density at radius 2 is 0.731 bits per heavy atom. The molecular weight excluding hydrogens is 651 g/mol. The lowest BCUT2D eigenvalue weighted by Crippen LogP contribution is -2.67. The molecular formula is C42H79N7O3. The summed E-state index contributed by atoms with van der Waals surface area (Å²) in [6.45, 7) is 35.7. The van der Waals surface area contributed by atoms with Gasteiger partial charge in [0.1, 0.15) is 6.42 Å². The summed E-state index contributed by atoms with van der Waals surface area (Å²) in [5.74, 6) is 0.0432. The highest BCUT2D eigenvalue weighted by Gasteiger charge is 2.49. The average molecular weight is 730 g/mol. The minimum Gasteiger partial charge on any atom is -0.624 e. The quantitative estimate of drug-likeness (QED) is 0.0962. The summed E-state index contributed by atoms with van der Waals surface area (Å²) in [6.07, 6.45) is 8.51. The van der Waals surface area contributed by atoms with Crippen LogP contribution < -0.4 is 21.3 Å². The van der Waals surface area contributed by atoms with Crippen LogP contribution in [0.1, 0.15) is 175 Å². The molecule has 4 rings (SSSR count). The van der Waals surface area contributed by atoms with Crippen molar-refractivity contribution in [3.63, 3.8) is 0 Å². The van der Waals surface area contributed by atoms with Crippen molar-refractivity contribution in [2.75, 3.05) is 6.54 Å². The highest BCUT2D eigenvalue weighted by Crippen LogP contribution is 2.40. The van der Waals surface area contributed by atoms with Gasteiger partial charge in [0.25, 0.3) is 0 Å². The SMILES string of the molecule is CC1(C)CC(N(C(=O)CC=[N+]([O-])CCC(=O)N(C2CC(C)(C)NC(C)(C)C2)C2CC(C)(C)NC(C)(C)C2)C2CC(C)(C)NC(C)(C)C2)CC(C)(C)N1. The Labute approximate surface area is 318 Å². The fraction of sp³-hybridized carbons (Fsp3) is 0.929. The van der Waals surface area contributed by atoms with Crippen LogP contribution in [0.5, 0.6) is 0 Å². The third-order valence-electron chi connectivity index (χ3n) is 11.8. The van der Waals surface area contributed by atoms with Crippen molar-refractivity contribution in [1.29, 1.82) is 0 Å². The van der Waals surface area contributed by atoms with Gasteiger partial charge >= 0.3 is 0 Å². The molecule has 4 fully saturated rings. The molecule has 4 aliphatic rings. The maximum absolute atomic E-state index is 14.4. The number of carbonyl (C=O) groups is 2. The minimum atomic E-state index is -0.124. The van der Waals surface area contributed by atoms with Gasteiger partial charge in [0.05, 0.1) is 6.42 Å². The Morgan fingerprint density at radius 3 is 0.981 bits per heavy atom. The molecule has 52 heavy (non-hydrogen) atoms. The molecule has 0 aromatic carbocycles. The molecule has 0 aliphatic carbocycles. The molecule has 0 radical (unpaired) electrons. The van der Waals surface area contributed by atoms with Crippen molar-refractivity contribution in [1.82, 2.24) is 31.1 Å². The van der Waals surface area contributed by atoms with Crippen LogP contribution in [0.15, 0.2) is 0 Å². The van der Waals surface area contributed by atoms with Crippen LogP contribution in [-0.4, -0.2) is 108 Å². The van der Waals surface area contributed by atoms with Crippen molar-refractivity contribution in [3.05, 3.63) is 5.21 Å². The summed E-state index contributed by atoms with van der Waals surface area (Å²) in [4.78, 5) is 33.1. The summed E-state index contributed by atoms with van der Waals surface area (Å²) >= 11 is 0. The van der Waals surface area contributed by atoms with Crippen LogP contribution >= 0.6 is 0 Å². The Balaban J connectivity index is 1.55. The molecule has 10 nitrogen and oxygen atoms in total. The molecule has 2 amide bonds. The molecule has 0 unspecified atom stereocenters. The number of hydrogen-bond donors (Lipinski definition) is 4. The molecule has 0 atom stereocenters. The number of hydroxylamine groups is 1. The maximum atomic E-state index is 14.4. The predicted molar refractivity (Wildman–Crippen MR) is 215 cm³/mol. The van der Waals surface area contributed by atoms with Gasteiger partial charge in [-0.25, -0.2) is 4.74 Å². The van der Waals surface area contributed by atoms with E-state index in [0.29, 0.717) is 0 Å². The first-order chi connectivity index (χ1) is 23.3. The van der Waals surface area contributed by atoms with E-state index < -0.39 is 0 Å². The van der Waals surface area contributed by atoms with Gasteiger partial charge in [0, 0.05) is 68.5 Å². The van der Waals surface area contributed by atoms with E-state index in [4.69, 9.17) is 0 Å². The summed E-state index contributed by atoms with van der Waals surface area (Å²) in [5, 5.41) is 28.6. The number of nitrogens with zero attached hydrogens (tertiary/aromatic N) is 3. The average Bonchev–Trinajstić information content (AvgIpc) is 2.83. The standard InChI is InChI=1S/C42H79N7O3/c1-35(2)21-29(22-36(3,4)43-35)48(30-23-37(5,6)44-38(7,8)24-30)33(50)17-19-47(52)20-18-34(51)49(31-25-39(9,10)45-40(11,12)26-31)32-27-41(13,14)46-42(15,16)28-32/h19,29-32,43-46H,17-18,20-28H2,1-16H3. The van der Waals surface area contributed by atoms with Gasteiger partial charge < -0.3 is 36.3 Å². The van der Waals surface area contributed by atoms with Gasteiger partial charge in [-0.05, 0) is 162 Å². The first-order valence-corrected chi connectivity index (χ1v) is 20.4. The zero-order valence-corrected chi connectivity index (χ0v) is 36.2. The van der Waals surface area contributed by atoms with Gasteiger partial charge in [-0.3, -0.25) is 9.59 Å². The number of piperidine rings is 4. The second kappa shape index (κ2) is 14.4. The number of amides is 2. The zero-order chi connectivity index (χ0) is 39.5. The minimum absolute atomic E-state index is 0.00383. The van der Waals surface area contributed by atoms with Crippen molar-refractivity contribution < 1.29 is 14.3 Å². The monoisotopic (exact) mass is 730 g/mol. The third kappa shape index (κ3) is 11.6. The second-order valence-corrected chi connectivity index (χ2v) is 22.7. The maximum Gasteiger partial charge on any atom is 0.233 e. The number of nitrogens with one attached hydrogen (secondary N) is 4. The number of carbonyl (C=O) groups excluding carboxylic acids is 2. The summed E-state index contributed by atoms with van der Waals surface area (Å²) in [6, 6.07) is 0.275. The Hall–Kier alpha value is -1.75. The number of hydrogen-bond acceptors (Lipinski definition) is 7. The summed E-state index contributed by atoms with van der Waals surface area (Å²) < 4.78 is 0.853. The zero-order valence-electron chi connectivity index (χ0n) is 36.2. The van der Waals surface area contributed by atoms with E-state index in [2.05, 4.69) is 142 Å². The van der Waals surface area contributed by atoms with Gasteiger partial charge in [-0.2, -0.15) is 0 Å². The lowest BCUT2D eigenvalue weighted by Gasteiger charge is -2.55. The molecule has 4 N–H and O–H groups in total. The predicted octanol–water partition coefficient (Wildman–Crippen LogP) is 6.24. The largest absolute Gasteiger partial charge is 0.624 e. The first kappa shape index (κ1) is 43.0. The number of rotatable bonds is 9. The van der Waals surface area contributed by atoms with Crippen LogP contribution in [-0.2, 0) is 9.59 Å². The molecule has 4 heterocycles. The van der Waals surface area contributed by atoms with Gasteiger partial charge in [0.2, 0.25) is 11.8 Å². The van der Waals surface area contributed by atoms with Crippen LogP contribution in [0.4, 0.5) is 0 Å². The molecule has 4 saturated heterocycles. The van der Waals surface area contributed by atoms with Crippen LogP contribution in [0.3, 0.4) is 0 Å². The molecule has 0 aromatic heterocycles. The molecule has 4 aliphatic heterocycles. The van der Waals surface area contributed by atoms with E-state index in [1.54, 1.807) is 0 Å². The van der Waals surface area contributed by atoms with Gasteiger partial charge in [-0.15, -0.1) is 0 Å². The van der Waals surface area contributed by atoms with E-state index >= 15 is 0 Å². The highest BCUT2D eigenvalue weighted by atomic mass is 16.5. The van der Waals surface area contributed by atoms with Crippen molar-refractivity contribution in [3.8, 4) is 0 Å². The van der Waals surface area contributed by atoms with Crippen LogP contribution in [0.25, 0.3) is 0 Å². The summed E-state index contributed by atoms with van der Waals surface area (Å²) in [7, 11) is 0. The Bertz CT molecular complexity index is 1200. The van der Waals surface area contributed by atoms with Crippen molar-refractivity contribution >= 4 is 18.0 Å². The van der Waals surface area contributed by atoms with E-state index in [9.17, 15) is 14.8 Å².